The van der Waals surface area contributed by atoms with E-state index in [9.17, 15) is 4.79 Å². The molecule has 0 aromatic carbocycles. The third-order valence-electron chi connectivity index (χ3n) is 5.65. The van der Waals surface area contributed by atoms with Crippen LogP contribution in [0, 0.1) is 6.92 Å². The van der Waals surface area contributed by atoms with Crippen molar-refractivity contribution in [3.05, 3.63) is 39.8 Å². The molecule has 1 aromatic rings. The number of fused-ring (bicyclic) bond motifs is 5. The second-order valence-corrected chi connectivity index (χ2v) is 7.14. The Balaban J connectivity index is 1.90. The molecule has 1 aromatic heterocycles. The van der Waals surface area contributed by atoms with Gasteiger partial charge in [-0.25, -0.2) is 0 Å². The van der Waals surface area contributed by atoms with Gasteiger partial charge in [-0.1, -0.05) is 13.5 Å². The Morgan fingerprint density at radius 1 is 1.45 bits per heavy atom. The van der Waals surface area contributed by atoms with Crippen molar-refractivity contribution in [3.63, 3.8) is 0 Å². The predicted molar refractivity (Wildman–Crippen MR) is 86.6 cm³/mol. The fraction of sp³-hybridized carbons (Fsp3) is 0.611. The van der Waals surface area contributed by atoms with Crippen LogP contribution in [0.2, 0.25) is 0 Å². The highest BCUT2D eigenvalue weighted by molar-refractivity contribution is 5.65. The van der Waals surface area contributed by atoms with Crippen LogP contribution in [0.3, 0.4) is 0 Å². The van der Waals surface area contributed by atoms with Crippen molar-refractivity contribution in [1.82, 2.24) is 9.47 Å². The molecule has 3 heterocycles. The lowest BCUT2D eigenvalue weighted by Crippen LogP contribution is -2.60. The van der Waals surface area contributed by atoms with Crippen LogP contribution in [0.4, 0.5) is 0 Å². The van der Waals surface area contributed by atoms with Gasteiger partial charge < -0.3 is 14.2 Å². The summed E-state index contributed by atoms with van der Waals surface area (Å²) in [5.41, 5.74) is 3.49. The van der Waals surface area contributed by atoms with Crippen LogP contribution < -0.4 is 5.43 Å². The summed E-state index contributed by atoms with van der Waals surface area (Å²) in [6.45, 7) is 11.3. The highest BCUT2D eigenvalue weighted by Crippen LogP contribution is 2.47. The Kier molecular flexibility index (Phi) is 2.86. The average Bonchev–Trinajstić information content (AvgIpc) is 2.84. The monoisotopic (exact) mass is 300 g/mol. The van der Waals surface area contributed by atoms with Gasteiger partial charge in [0, 0.05) is 23.4 Å². The normalized spacial score (nSPS) is 32.9. The fourth-order valence-electron chi connectivity index (χ4n) is 4.74. The lowest BCUT2D eigenvalue weighted by atomic mass is 9.96. The molecule has 118 valence electrons. The van der Waals surface area contributed by atoms with Gasteiger partial charge in [-0.2, -0.15) is 0 Å². The minimum Gasteiger partial charge on any atom is -0.351 e. The van der Waals surface area contributed by atoms with E-state index in [1.807, 2.05) is 20.0 Å². The Bertz CT molecular complexity index is 721. The first-order valence-corrected chi connectivity index (χ1v) is 8.34. The van der Waals surface area contributed by atoms with E-state index in [0.29, 0.717) is 12.1 Å². The minimum absolute atomic E-state index is 0.167. The zero-order valence-corrected chi connectivity index (χ0v) is 13.7. The summed E-state index contributed by atoms with van der Waals surface area (Å²) in [4.78, 5) is 14.9. The molecule has 3 aliphatic rings. The number of hydrogen-bond acceptors (Lipinski definition) is 3. The molecule has 2 fully saturated rings. The summed E-state index contributed by atoms with van der Waals surface area (Å²) in [5.74, 6) is 0. The van der Waals surface area contributed by atoms with Crippen LogP contribution in [0.5, 0.6) is 0 Å². The molecule has 0 amide bonds. The van der Waals surface area contributed by atoms with E-state index >= 15 is 0 Å². The SMILES string of the molecule is C=C1c2c(C)c(=O)c(CC)cn2CC2(C)OC3CCC(C3)N12. The molecule has 1 saturated carbocycles. The van der Waals surface area contributed by atoms with Crippen molar-refractivity contribution in [2.24, 2.45) is 0 Å². The Hall–Kier alpha value is -1.55. The molecular weight excluding hydrogens is 276 g/mol. The third-order valence-corrected chi connectivity index (χ3v) is 5.65. The molecule has 4 heteroatoms. The maximum Gasteiger partial charge on any atom is 0.188 e. The minimum atomic E-state index is -0.333. The van der Waals surface area contributed by atoms with E-state index < -0.39 is 0 Å². The first kappa shape index (κ1) is 14.1. The number of aryl methyl sites for hydroxylation is 1. The lowest BCUT2D eigenvalue weighted by Gasteiger charge is -2.54. The van der Waals surface area contributed by atoms with Crippen molar-refractivity contribution >= 4 is 5.70 Å². The third kappa shape index (κ3) is 1.70. The average molecular weight is 300 g/mol. The van der Waals surface area contributed by atoms with E-state index in [-0.39, 0.29) is 11.2 Å². The van der Waals surface area contributed by atoms with Crippen LogP contribution >= 0.6 is 0 Å². The van der Waals surface area contributed by atoms with Crippen LogP contribution in [0.15, 0.2) is 17.6 Å². The van der Waals surface area contributed by atoms with Crippen LogP contribution in [-0.4, -0.2) is 27.3 Å². The number of rotatable bonds is 1. The Morgan fingerprint density at radius 2 is 2.23 bits per heavy atom. The molecule has 0 spiro atoms. The quantitative estimate of drug-likeness (QED) is 0.800. The van der Waals surface area contributed by atoms with E-state index in [0.717, 1.165) is 54.7 Å². The van der Waals surface area contributed by atoms with Crippen LogP contribution in [0.25, 0.3) is 5.70 Å². The molecule has 1 aliphatic carbocycles. The molecule has 0 radical (unpaired) electrons. The molecule has 1 saturated heterocycles. The largest absolute Gasteiger partial charge is 0.351 e. The summed E-state index contributed by atoms with van der Waals surface area (Å²) < 4.78 is 8.60. The molecule has 4 nitrogen and oxygen atoms in total. The van der Waals surface area contributed by atoms with E-state index in [1.165, 1.54) is 0 Å². The van der Waals surface area contributed by atoms with Gasteiger partial charge in [-0.3, -0.25) is 4.79 Å². The highest BCUT2D eigenvalue weighted by Gasteiger charge is 2.51. The molecule has 3 atom stereocenters. The van der Waals surface area contributed by atoms with Crippen LogP contribution in [0.1, 0.15) is 49.9 Å². The van der Waals surface area contributed by atoms with Gasteiger partial charge in [-0.05, 0) is 39.5 Å². The predicted octanol–water partition coefficient (Wildman–Crippen LogP) is 2.67. The zero-order valence-electron chi connectivity index (χ0n) is 13.7. The Labute approximate surface area is 131 Å². The number of hydrogen-bond donors (Lipinski definition) is 0. The fourth-order valence-corrected chi connectivity index (χ4v) is 4.74. The summed E-state index contributed by atoms with van der Waals surface area (Å²) in [6, 6.07) is 0.505. The van der Waals surface area contributed by atoms with Crippen molar-refractivity contribution in [2.75, 3.05) is 0 Å². The number of nitrogens with zero attached hydrogens (tertiary/aromatic N) is 2. The summed E-state index contributed by atoms with van der Waals surface area (Å²) >= 11 is 0. The first-order valence-electron chi connectivity index (χ1n) is 8.34. The number of ether oxygens (including phenoxy) is 1. The van der Waals surface area contributed by atoms with Gasteiger partial charge in [0.15, 0.2) is 11.2 Å². The number of pyridine rings is 1. The lowest BCUT2D eigenvalue weighted by molar-refractivity contribution is -0.199. The van der Waals surface area contributed by atoms with Gasteiger partial charge in [0.25, 0.3) is 0 Å². The standard InChI is InChI=1S/C18H24N2O2/c1-5-13-9-19-10-18(4)20(14-6-7-15(8-14)22-18)12(3)16(19)11(2)17(13)21/h9,14-15H,3,5-8,10H2,1-2,4H3. The molecule has 0 N–H and O–H groups in total. The van der Waals surface area contributed by atoms with Crippen molar-refractivity contribution in [3.8, 4) is 0 Å². The summed E-state index contributed by atoms with van der Waals surface area (Å²) in [6.07, 6.45) is 6.54. The van der Waals surface area contributed by atoms with Gasteiger partial charge in [-0.15, -0.1) is 0 Å². The van der Waals surface area contributed by atoms with Crippen molar-refractivity contribution < 1.29 is 4.74 Å². The van der Waals surface area contributed by atoms with E-state index in [2.05, 4.69) is 23.0 Å². The highest BCUT2D eigenvalue weighted by atomic mass is 16.5. The Morgan fingerprint density at radius 3 is 2.95 bits per heavy atom. The second-order valence-electron chi connectivity index (χ2n) is 7.14. The maximum absolute atomic E-state index is 12.5. The van der Waals surface area contributed by atoms with Crippen molar-refractivity contribution in [1.29, 1.82) is 0 Å². The molecule has 2 bridgehead atoms. The van der Waals surface area contributed by atoms with Crippen LogP contribution in [-0.2, 0) is 17.7 Å². The second kappa shape index (κ2) is 4.48. The van der Waals surface area contributed by atoms with Gasteiger partial charge in [0.2, 0.25) is 0 Å². The van der Waals surface area contributed by atoms with E-state index in [1.54, 1.807) is 0 Å². The van der Waals surface area contributed by atoms with Crippen molar-refractivity contribution in [2.45, 2.75) is 70.9 Å². The van der Waals surface area contributed by atoms with Gasteiger partial charge in [0.1, 0.15) is 0 Å². The van der Waals surface area contributed by atoms with E-state index in [4.69, 9.17) is 4.74 Å². The molecule has 4 rings (SSSR count). The molecule has 3 unspecified atom stereocenters. The topological polar surface area (TPSA) is 34.5 Å². The smallest absolute Gasteiger partial charge is 0.188 e. The maximum atomic E-state index is 12.5. The van der Waals surface area contributed by atoms with Gasteiger partial charge >= 0.3 is 0 Å². The number of aromatic nitrogens is 1. The van der Waals surface area contributed by atoms with Gasteiger partial charge in [0.05, 0.1) is 24.0 Å². The summed E-state index contributed by atoms with van der Waals surface area (Å²) in [5, 5.41) is 0. The molecule has 22 heavy (non-hydrogen) atoms. The summed E-state index contributed by atoms with van der Waals surface area (Å²) in [7, 11) is 0. The zero-order chi connectivity index (χ0) is 15.6. The first-order chi connectivity index (χ1) is 10.4. The molecule has 2 aliphatic heterocycles. The molecular formula is C18H24N2O2.